The molecule has 0 spiro atoms. The molecule has 0 atom stereocenters. The third-order valence-electron chi connectivity index (χ3n) is 2.47. The number of carboxylic acid groups (broad SMARTS) is 1. The van der Waals surface area contributed by atoms with Crippen LogP contribution in [0.4, 0.5) is 5.69 Å². The number of benzene rings is 1. The Labute approximate surface area is 127 Å². The predicted molar refractivity (Wildman–Crippen MR) is 78.3 cm³/mol. The molecule has 20 heavy (non-hydrogen) atoms. The van der Waals surface area contributed by atoms with E-state index in [4.69, 9.17) is 16.7 Å². The van der Waals surface area contributed by atoms with Gasteiger partial charge < -0.3 is 10.4 Å². The van der Waals surface area contributed by atoms with Crippen LogP contribution >= 0.6 is 27.5 Å². The van der Waals surface area contributed by atoms with E-state index in [0.717, 1.165) is 0 Å². The van der Waals surface area contributed by atoms with Crippen molar-refractivity contribution < 1.29 is 14.7 Å². The maximum absolute atomic E-state index is 12.0. The summed E-state index contributed by atoms with van der Waals surface area (Å²) in [6.45, 7) is 0. The molecule has 1 heterocycles. The molecule has 0 saturated heterocycles. The zero-order chi connectivity index (χ0) is 14.7. The van der Waals surface area contributed by atoms with Crippen LogP contribution in [-0.2, 0) is 0 Å². The normalized spacial score (nSPS) is 10.1. The summed E-state index contributed by atoms with van der Waals surface area (Å²) < 4.78 is 0.433. The highest BCUT2D eigenvalue weighted by Gasteiger charge is 2.13. The van der Waals surface area contributed by atoms with Gasteiger partial charge in [0.2, 0.25) is 0 Å². The Morgan fingerprint density at radius 1 is 1.25 bits per heavy atom. The molecule has 7 heteroatoms. The van der Waals surface area contributed by atoms with Crippen molar-refractivity contribution in [2.75, 3.05) is 5.32 Å². The average molecular weight is 356 g/mol. The zero-order valence-corrected chi connectivity index (χ0v) is 12.3. The van der Waals surface area contributed by atoms with Gasteiger partial charge in [0, 0.05) is 22.6 Å². The first-order valence-electron chi connectivity index (χ1n) is 5.42. The quantitative estimate of drug-likeness (QED) is 0.884. The Morgan fingerprint density at radius 3 is 2.65 bits per heavy atom. The highest BCUT2D eigenvalue weighted by atomic mass is 79.9. The van der Waals surface area contributed by atoms with Gasteiger partial charge in [0.1, 0.15) is 0 Å². The molecular weight excluding hydrogens is 348 g/mol. The van der Waals surface area contributed by atoms with Gasteiger partial charge in [-0.1, -0.05) is 11.6 Å². The molecule has 0 radical (unpaired) electrons. The molecule has 0 aliphatic carbocycles. The summed E-state index contributed by atoms with van der Waals surface area (Å²) in [6, 6.07) is 5.98. The molecule has 2 aromatic rings. The van der Waals surface area contributed by atoms with Crippen molar-refractivity contribution in [3.63, 3.8) is 0 Å². The van der Waals surface area contributed by atoms with Gasteiger partial charge in [-0.15, -0.1) is 0 Å². The number of nitrogens with one attached hydrogen (secondary N) is 1. The average Bonchev–Trinajstić information content (AvgIpc) is 2.41. The molecule has 1 amide bonds. The van der Waals surface area contributed by atoms with E-state index in [1.54, 1.807) is 12.1 Å². The van der Waals surface area contributed by atoms with E-state index in [0.29, 0.717) is 10.2 Å². The van der Waals surface area contributed by atoms with E-state index in [1.165, 1.54) is 24.5 Å². The topological polar surface area (TPSA) is 79.3 Å². The van der Waals surface area contributed by atoms with Gasteiger partial charge >= 0.3 is 5.97 Å². The fourth-order valence-corrected chi connectivity index (χ4v) is 2.12. The Kier molecular flexibility index (Phi) is 4.36. The molecule has 0 unspecified atom stereocenters. The molecule has 0 aliphatic heterocycles. The van der Waals surface area contributed by atoms with Gasteiger partial charge in [-0.2, -0.15) is 0 Å². The summed E-state index contributed by atoms with van der Waals surface area (Å²) in [4.78, 5) is 26.8. The number of aromatic carboxylic acids is 1. The standard InChI is InChI=1S/C13H8BrClN2O3/c14-10-2-1-7(5-8(10)13(19)20)17-12(18)9-6-16-4-3-11(9)15/h1-6H,(H,17,18)(H,19,20). The van der Waals surface area contributed by atoms with Crippen LogP contribution in [0.3, 0.4) is 0 Å². The number of hydrogen-bond acceptors (Lipinski definition) is 3. The van der Waals surface area contributed by atoms with E-state index in [1.807, 2.05) is 0 Å². The van der Waals surface area contributed by atoms with E-state index in [-0.39, 0.29) is 16.1 Å². The van der Waals surface area contributed by atoms with Gasteiger partial charge in [-0.25, -0.2) is 4.79 Å². The van der Waals surface area contributed by atoms with E-state index < -0.39 is 11.9 Å². The molecule has 2 N–H and O–H groups in total. The Morgan fingerprint density at radius 2 is 2.00 bits per heavy atom. The number of aromatic nitrogens is 1. The Hall–Kier alpha value is -1.92. The molecular formula is C13H8BrClN2O3. The van der Waals surface area contributed by atoms with Crippen LogP contribution in [0.15, 0.2) is 41.1 Å². The number of hydrogen-bond donors (Lipinski definition) is 2. The monoisotopic (exact) mass is 354 g/mol. The first-order valence-corrected chi connectivity index (χ1v) is 6.60. The fraction of sp³-hybridized carbons (Fsp3) is 0. The lowest BCUT2D eigenvalue weighted by Gasteiger charge is -2.08. The molecule has 0 saturated carbocycles. The number of nitrogens with zero attached hydrogens (tertiary/aromatic N) is 1. The predicted octanol–water partition coefficient (Wildman–Crippen LogP) is 3.45. The molecule has 5 nitrogen and oxygen atoms in total. The Bertz CT molecular complexity index is 691. The minimum atomic E-state index is -1.09. The van der Waals surface area contributed by atoms with Crippen molar-refractivity contribution in [3.8, 4) is 0 Å². The summed E-state index contributed by atoms with van der Waals surface area (Å²) >= 11 is 9.02. The molecule has 1 aromatic heterocycles. The summed E-state index contributed by atoms with van der Waals surface area (Å²) in [6.07, 6.45) is 2.82. The van der Waals surface area contributed by atoms with Gasteiger partial charge in [0.05, 0.1) is 16.1 Å². The van der Waals surface area contributed by atoms with Gasteiger partial charge in [0.15, 0.2) is 0 Å². The lowest BCUT2D eigenvalue weighted by atomic mass is 10.2. The van der Waals surface area contributed by atoms with Crippen molar-refractivity contribution in [1.82, 2.24) is 4.98 Å². The number of halogens is 2. The number of carbonyl (C=O) groups is 2. The van der Waals surface area contributed by atoms with Gasteiger partial charge in [-0.3, -0.25) is 9.78 Å². The van der Waals surface area contributed by atoms with E-state index in [9.17, 15) is 9.59 Å². The SMILES string of the molecule is O=C(Nc1ccc(Br)c(C(=O)O)c1)c1cnccc1Cl. The Balaban J connectivity index is 2.27. The number of anilines is 1. The highest BCUT2D eigenvalue weighted by Crippen LogP contribution is 2.22. The van der Waals surface area contributed by atoms with Crippen LogP contribution < -0.4 is 5.32 Å². The van der Waals surface area contributed by atoms with Gasteiger partial charge in [-0.05, 0) is 40.2 Å². The second-order valence-electron chi connectivity index (χ2n) is 3.81. The number of carboxylic acids is 1. The van der Waals surface area contributed by atoms with Crippen molar-refractivity contribution in [1.29, 1.82) is 0 Å². The fourth-order valence-electron chi connectivity index (χ4n) is 1.51. The summed E-state index contributed by atoms with van der Waals surface area (Å²) in [5.41, 5.74) is 0.629. The third-order valence-corrected chi connectivity index (χ3v) is 3.49. The molecule has 1 aromatic carbocycles. The summed E-state index contributed by atoms with van der Waals surface area (Å²) in [5, 5.41) is 11.9. The van der Waals surface area contributed by atoms with Crippen LogP contribution in [0.25, 0.3) is 0 Å². The number of rotatable bonds is 3. The van der Waals surface area contributed by atoms with Crippen LogP contribution in [-0.4, -0.2) is 22.0 Å². The largest absolute Gasteiger partial charge is 0.478 e. The molecule has 2 rings (SSSR count). The molecule has 0 bridgehead atoms. The summed E-state index contributed by atoms with van der Waals surface area (Å²) in [5.74, 6) is -1.55. The number of pyridine rings is 1. The van der Waals surface area contributed by atoms with Crippen LogP contribution in [0, 0.1) is 0 Å². The van der Waals surface area contributed by atoms with Crippen molar-refractivity contribution in [2.24, 2.45) is 0 Å². The highest BCUT2D eigenvalue weighted by molar-refractivity contribution is 9.10. The molecule has 102 valence electrons. The van der Waals surface area contributed by atoms with Crippen molar-refractivity contribution >= 4 is 45.1 Å². The summed E-state index contributed by atoms with van der Waals surface area (Å²) in [7, 11) is 0. The van der Waals surface area contributed by atoms with Crippen LogP contribution in [0.5, 0.6) is 0 Å². The minimum Gasteiger partial charge on any atom is -0.478 e. The van der Waals surface area contributed by atoms with E-state index in [2.05, 4.69) is 26.2 Å². The second-order valence-corrected chi connectivity index (χ2v) is 5.07. The van der Waals surface area contributed by atoms with Crippen LogP contribution in [0.1, 0.15) is 20.7 Å². The maximum Gasteiger partial charge on any atom is 0.336 e. The number of amides is 1. The minimum absolute atomic E-state index is 0.0556. The van der Waals surface area contributed by atoms with Crippen molar-refractivity contribution in [3.05, 3.63) is 57.3 Å². The van der Waals surface area contributed by atoms with E-state index >= 15 is 0 Å². The molecule has 0 aliphatic rings. The lowest BCUT2D eigenvalue weighted by Crippen LogP contribution is -2.13. The smallest absolute Gasteiger partial charge is 0.336 e. The lowest BCUT2D eigenvalue weighted by molar-refractivity contribution is 0.0695. The van der Waals surface area contributed by atoms with Crippen LogP contribution in [0.2, 0.25) is 5.02 Å². The zero-order valence-electron chi connectivity index (χ0n) is 9.93. The first kappa shape index (κ1) is 14.5. The van der Waals surface area contributed by atoms with Gasteiger partial charge in [0.25, 0.3) is 5.91 Å². The third kappa shape index (κ3) is 3.15. The maximum atomic E-state index is 12.0. The first-order chi connectivity index (χ1) is 9.49. The molecule has 0 fully saturated rings. The van der Waals surface area contributed by atoms with Crippen molar-refractivity contribution in [2.45, 2.75) is 0 Å². The second kappa shape index (κ2) is 6.02. The number of carbonyl (C=O) groups excluding carboxylic acids is 1.